The molecule has 0 spiro atoms. The summed E-state index contributed by atoms with van der Waals surface area (Å²) in [6, 6.07) is 0.519. The van der Waals surface area contributed by atoms with Gasteiger partial charge in [-0.25, -0.2) is 0 Å². The molecule has 0 radical (unpaired) electrons. The molecular formula is C13H25N3S. The van der Waals surface area contributed by atoms with Gasteiger partial charge in [0.25, 0.3) is 0 Å². The number of nitrogens with one attached hydrogen (secondary N) is 2. The number of thiocarbonyl (C=S) groups is 1. The summed E-state index contributed by atoms with van der Waals surface area (Å²) >= 11 is 5.27. The maximum atomic E-state index is 5.27. The van der Waals surface area contributed by atoms with Crippen molar-refractivity contribution in [2.75, 3.05) is 0 Å². The first-order chi connectivity index (χ1) is 8.17. The molecule has 17 heavy (non-hydrogen) atoms. The monoisotopic (exact) mass is 255 g/mol. The van der Waals surface area contributed by atoms with Crippen LogP contribution in [0.3, 0.4) is 0 Å². The number of hydrazone groups is 1. The average Bonchev–Trinajstić information content (AvgIpc) is 2.33. The van der Waals surface area contributed by atoms with E-state index in [4.69, 9.17) is 12.2 Å². The molecule has 0 bridgehead atoms. The zero-order chi connectivity index (χ0) is 12.7. The van der Waals surface area contributed by atoms with Gasteiger partial charge in [-0.2, -0.15) is 5.10 Å². The van der Waals surface area contributed by atoms with E-state index in [-0.39, 0.29) is 0 Å². The van der Waals surface area contributed by atoms with Crippen LogP contribution < -0.4 is 10.7 Å². The van der Waals surface area contributed by atoms with Crippen molar-refractivity contribution in [2.45, 2.75) is 65.3 Å². The molecule has 0 amide bonds. The highest BCUT2D eigenvalue weighted by Gasteiger charge is 2.21. The van der Waals surface area contributed by atoms with Crippen LogP contribution >= 0.6 is 12.2 Å². The quantitative estimate of drug-likeness (QED) is 0.460. The summed E-state index contributed by atoms with van der Waals surface area (Å²) in [5.41, 5.74) is 4.12. The Morgan fingerprint density at radius 1 is 1.24 bits per heavy atom. The van der Waals surface area contributed by atoms with E-state index in [0.29, 0.717) is 17.1 Å². The molecule has 0 unspecified atom stereocenters. The molecular weight excluding hydrogens is 230 g/mol. The molecule has 0 aliphatic heterocycles. The van der Waals surface area contributed by atoms with Crippen LogP contribution in [0.5, 0.6) is 0 Å². The summed E-state index contributed by atoms with van der Waals surface area (Å²) in [5, 5.41) is 8.37. The molecule has 1 fully saturated rings. The van der Waals surface area contributed by atoms with Gasteiger partial charge < -0.3 is 5.32 Å². The molecule has 4 heteroatoms. The molecule has 98 valence electrons. The largest absolute Gasteiger partial charge is 0.358 e. The van der Waals surface area contributed by atoms with Gasteiger partial charge in [-0.3, -0.25) is 5.43 Å². The molecule has 2 atom stereocenters. The minimum absolute atomic E-state index is 0.519. The Balaban J connectivity index is 2.35. The normalized spacial score (nSPS) is 23.9. The van der Waals surface area contributed by atoms with E-state index in [9.17, 15) is 0 Å². The Labute approximate surface area is 110 Å². The highest BCUT2D eigenvalue weighted by molar-refractivity contribution is 7.80. The molecule has 0 heterocycles. The third-order valence-corrected chi connectivity index (χ3v) is 3.77. The minimum atomic E-state index is 0.519. The molecule has 1 aliphatic rings. The van der Waals surface area contributed by atoms with E-state index >= 15 is 0 Å². The summed E-state index contributed by atoms with van der Waals surface area (Å²) in [6.45, 7) is 6.53. The van der Waals surface area contributed by atoms with Crippen LogP contribution in [0.4, 0.5) is 0 Å². The van der Waals surface area contributed by atoms with Gasteiger partial charge in [-0.1, -0.05) is 33.6 Å². The van der Waals surface area contributed by atoms with E-state index in [1.54, 1.807) is 0 Å². The number of hydrogen-bond acceptors (Lipinski definition) is 2. The maximum absolute atomic E-state index is 5.27. The predicted octanol–water partition coefficient (Wildman–Crippen LogP) is 3.21. The second-order valence-electron chi connectivity index (χ2n) is 4.84. The molecule has 1 rings (SSSR count). The van der Waals surface area contributed by atoms with Crippen molar-refractivity contribution < 1.29 is 0 Å². The molecule has 0 aromatic carbocycles. The number of hydrogen-bond donors (Lipinski definition) is 2. The van der Waals surface area contributed by atoms with Crippen LogP contribution in [-0.4, -0.2) is 16.9 Å². The van der Waals surface area contributed by atoms with Gasteiger partial charge in [0.15, 0.2) is 5.11 Å². The summed E-state index contributed by atoms with van der Waals surface area (Å²) < 4.78 is 0. The van der Waals surface area contributed by atoms with Crippen molar-refractivity contribution in [3.05, 3.63) is 0 Å². The summed E-state index contributed by atoms with van der Waals surface area (Å²) in [4.78, 5) is 0. The van der Waals surface area contributed by atoms with E-state index in [2.05, 4.69) is 36.6 Å². The highest BCUT2D eigenvalue weighted by Crippen LogP contribution is 2.23. The SMILES string of the molecule is CCC(CC)=NNC(=S)N[C@@H]1CCCC[C@@H]1C. The van der Waals surface area contributed by atoms with Crippen LogP contribution in [0.1, 0.15) is 59.3 Å². The van der Waals surface area contributed by atoms with Gasteiger partial charge in [0.05, 0.1) is 0 Å². The maximum Gasteiger partial charge on any atom is 0.187 e. The Kier molecular flexibility index (Phi) is 6.48. The lowest BCUT2D eigenvalue weighted by Gasteiger charge is -2.30. The van der Waals surface area contributed by atoms with Gasteiger partial charge in [0, 0.05) is 11.8 Å². The van der Waals surface area contributed by atoms with Crippen molar-refractivity contribution >= 4 is 23.0 Å². The zero-order valence-corrected chi connectivity index (χ0v) is 12.1. The lowest BCUT2D eigenvalue weighted by Crippen LogP contribution is -2.44. The van der Waals surface area contributed by atoms with Crippen LogP contribution in [0.15, 0.2) is 5.10 Å². The fourth-order valence-electron chi connectivity index (χ4n) is 2.27. The van der Waals surface area contributed by atoms with E-state index in [1.807, 2.05) is 0 Å². The van der Waals surface area contributed by atoms with Gasteiger partial charge in [-0.15, -0.1) is 0 Å². The van der Waals surface area contributed by atoms with Crippen molar-refractivity contribution in [3.63, 3.8) is 0 Å². The first-order valence-electron chi connectivity index (χ1n) is 6.79. The first-order valence-corrected chi connectivity index (χ1v) is 7.20. The van der Waals surface area contributed by atoms with Crippen LogP contribution in [-0.2, 0) is 0 Å². The number of nitrogens with zero attached hydrogens (tertiary/aromatic N) is 1. The van der Waals surface area contributed by atoms with E-state index in [1.165, 1.54) is 25.7 Å². The Hall–Kier alpha value is -0.640. The summed E-state index contributed by atoms with van der Waals surface area (Å²) in [5.74, 6) is 0.712. The predicted molar refractivity (Wildman–Crippen MR) is 78.3 cm³/mol. The van der Waals surface area contributed by atoms with Gasteiger partial charge >= 0.3 is 0 Å². The molecule has 1 saturated carbocycles. The van der Waals surface area contributed by atoms with Crippen molar-refractivity contribution in [1.29, 1.82) is 0 Å². The summed E-state index contributed by atoms with van der Waals surface area (Å²) in [6.07, 6.45) is 7.15. The fraction of sp³-hybridized carbons (Fsp3) is 0.846. The van der Waals surface area contributed by atoms with Crippen molar-refractivity contribution in [2.24, 2.45) is 11.0 Å². The minimum Gasteiger partial charge on any atom is -0.358 e. The van der Waals surface area contributed by atoms with Crippen LogP contribution in [0.25, 0.3) is 0 Å². The molecule has 0 aromatic heterocycles. The smallest absolute Gasteiger partial charge is 0.187 e. The standard InChI is InChI=1S/C13H25N3S/c1-4-11(5-2)15-16-13(17)14-12-9-7-6-8-10(12)3/h10,12H,4-9H2,1-3H3,(H2,14,16,17)/t10-,12+/m0/s1. The first kappa shape index (κ1) is 14.4. The zero-order valence-electron chi connectivity index (χ0n) is 11.3. The Morgan fingerprint density at radius 2 is 1.88 bits per heavy atom. The molecule has 0 aromatic rings. The Morgan fingerprint density at radius 3 is 2.47 bits per heavy atom. The van der Waals surface area contributed by atoms with Crippen molar-refractivity contribution in [3.8, 4) is 0 Å². The average molecular weight is 255 g/mol. The Bertz CT molecular complexity index is 270. The second-order valence-corrected chi connectivity index (χ2v) is 5.25. The van der Waals surface area contributed by atoms with Gasteiger partial charge in [0.1, 0.15) is 0 Å². The van der Waals surface area contributed by atoms with Gasteiger partial charge in [-0.05, 0) is 43.8 Å². The topological polar surface area (TPSA) is 36.4 Å². The fourth-order valence-corrected chi connectivity index (χ4v) is 2.47. The second kappa shape index (κ2) is 7.64. The molecule has 2 N–H and O–H groups in total. The third kappa shape index (κ3) is 5.02. The number of rotatable bonds is 4. The van der Waals surface area contributed by atoms with Gasteiger partial charge in [0.2, 0.25) is 0 Å². The lowest BCUT2D eigenvalue weighted by molar-refractivity contribution is 0.308. The molecule has 0 saturated heterocycles. The highest BCUT2D eigenvalue weighted by atomic mass is 32.1. The van der Waals surface area contributed by atoms with Crippen molar-refractivity contribution in [1.82, 2.24) is 10.7 Å². The van der Waals surface area contributed by atoms with Crippen LogP contribution in [0.2, 0.25) is 0 Å². The summed E-state index contributed by atoms with van der Waals surface area (Å²) in [7, 11) is 0. The molecule has 3 nitrogen and oxygen atoms in total. The third-order valence-electron chi connectivity index (χ3n) is 3.56. The van der Waals surface area contributed by atoms with E-state index in [0.717, 1.165) is 18.6 Å². The van der Waals surface area contributed by atoms with E-state index < -0.39 is 0 Å². The lowest BCUT2D eigenvalue weighted by atomic mass is 9.86. The van der Waals surface area contributed by atoms with Crippen LogP contribution in [0, 0.1) is 5.92 Å². The molecule has 1 aliphatic carbocycles.